The predicted molar refractivity (Wildman–Crippen MR) is 220 cm³/mol. The van der Waals surface area contributed by atoms with Crippen molar-refractivity contribution < 1.29 is 49.8 Å². The predicted octanol–water partition coefficient (Wildman–Crippen LogP) is 12.0. The van der Waals surface area contributed by atoms with Gasteiger partial charge in [-0.3, -0.25) is 0 Å². The van der Waals surface area contributed by atoms with Crippen LogP contribution in [-0.2, 0) is 18.3 Å². The van der Waals surface area contributed by atoms with Crippen LogP contribution in [0.5, 0.6) is 5.75 Å². The van der Waals surface area contributed by atoms with Gasteiger partial charge < -0.3 is 9.80 Å². The van der Waals surface area contributed by atoms with Crippen LogP contribution < -0.4 is 19.4 Å². The van der Waals surface area contributed by atoms with Crippen molar-refractivity contribution in [2.24, 2.45) is 0 Å². The molecular formula is C44H47Cl2F5N3O3Ru-. The van der Waals surface area contributed by atoms with Crippen molar-refractivity contribution in [3.05, 3.63) is 124 Å². The Morgan fingerprint density at radius 3 is 1.50 bits per heavy atom. The average Bonchev–Trinajstić information content (AvgIpc) is 3.66. The van der Waals surface area contributed by atoms with Gasteiger partial charge in [0, 0.05) is 24.5 Å². The number of ether oxygens (including phenoxy) is 1. The van der Waals surface area contributed by atoms with Gasteiger partial charge in [-0.05, 0) is 45.9 Å². The van der Waals surface area contributed by atoms with Crippen LogP contribution in [0.25, 0.3) is 0 Å². The number of hydrogen-bond donors (Lipinski definition) is 0. The molecule has 2 heterocycles. The maximum absolute atomic E-state index is 14.1. The van der Waals surface area contributed by atoms with Crippen molar-refractivity contribution in [3.8, 4) is 5.75 Å². The van der Waals surface area contributed by atoms with E-state index in [-0.39, 0.29) is 11.4 Å². The number of para-hydroxylation sites is 3. The Morgan fingerprint density at radius 2 is 1.10 bits per heavy atom. The minimum atomic E-state index is -2.42. The molecule has 1 unspecified atom stereocenters. The van der Waals surface area contributed by atoms with Crippen LogP contribution in [0.15, 0.2) is 54.6 Å². The van der Waals surface area contributed by atoms with Crippen LogP contribution in [0.3, 0.4) is 0 Å². The Kier molecular flexibility index (Phi) is 14.5. The first-order valence-corrected chi connectivity index (χ1v) is 24.4. The molecule has 4 aromatic carbocycles. The molecule has 314 valence electrons. The third-order valence-electron chi connectivity index (χ3n) is 10.1. The summed E-state index contributed by atoms with van der Waals surface area (Å²) in [5.41, 5.74) is 6.96. The molecule has 2 amide bonds. The molecule has 0 radical (unpaired) electrons. The molecule has 4 aromatic rings. The SMILES string of the molecule is CC(C)c1cccc(C(C)C)c1N1[CH-]N(c2c(C(C)C)cccc2C(C)C)CC1.CC1Oc2c([CH]=[Ru]([Cl])[Cl])cccc2N(C(=O)c2c(F)c(F)c(F)c(F)c2F)C1=O. The molecule has 0 aromatic heterocycles. The zero-order chi connectivity index (χ0) is 42.9. The number of imide groups is 1. The number of amides is 2. The summed E-state index contributed by atoms with van der Waals surface area (Å²) >= 11 is -2.37. The summed E-state index contributed by atoms with van der Waals surface area (Å²) in [6, 6.07) is 17.8. The van der Waals surface area contributed by atoms with Crippen molar-refractivity contribution in [2.75, 3.05) is 27.8 Å². The molecule has 0 spiro atoms. The van der Waals surface area contributed by atoms with Crippen LogP contribution >= 0.6 is 19.4 Å². The average molecular weight is 933 g/mol. The summed E-state index contributed by atoms with van der Waals surface area (Å²) in [4.78, 5) is 30.6. The quantitative estimate of drug-likeness (QED) is 0.0440. The molecule has 6 nitrogen and oxygen atoms in total. The molecule has 0 saturated carbocycles. The van der Waals surface area contributed by atoms with E-state index in [2.05, 4.69) is 108 Å². The molecule has 0 aliphatic carbocycles. The van der Waals surface area contributed by atoms with E-state index in [9.17, 15) is 31.5 Å². The van der Waals surface area contributed by atoms with E-state index < -0.39 is 66.1 Å². The Hall–Kier alpha value is -3.86. The fourth-order valence-corrected chi connectivity index (χ4v) is 8.96. The molecule has 58 heavy (non-hydrogen) atoms. The van der Waals surface area contributed by atoms with Gasteiger partial charge in [0.25, 0.3) is 0 Å². The summed E-state index contributed by atoms with van der Waals surface area (Å²) in [6.45, 7) is 24.2. The Bertz CT molecular complexity index is 2100. The second-order valence-corrected chi connectivity index (χ2v) is 21.1. The van der Waals surface area contributed by atoms with Gasteiger partial charge in [0.05, 0.1) is 0 Å². The summed E-state index contributed by atoms with van der Waals surface area (Å²) in [6.07, 6.45) is -1.30. The number of fused-ring (bicyclic) bond motifs is 1. The van der Waals surface area contributed by atoms with E-state index in [1.54, 1.807) is 0 Å². The summed E-state index contributed by atoms with van der Waals surface area (Å²) in [7, 11) is 11.7. The van der Waals surface area contributed by atoms with Crippen molar-refractivity contribution in [1.29, 1.82) is 0 Å². The van der Waals surface area contributed by atoms with Gasteiger partial charge in [-0.1, -0.05) is 91.8 Å². The number of anilines is 3. The van der Waals surface area contributed by atoms with E-state index in [0.29, 0.717) is 34.1 Å². The second-order valence-electron chi connectivity index (χ2n) is 15.4. The number of nitrogens with zero attached hydrogens (tertiary/aromatic N) is 3. The van der Waals surface area contributed by atoms with Gasteiger partial charge in [0.2, 0.25) is 0 Å². The molecule has 1 fully saturated rings. The molecule has 14 heteroatoms. The van der Waals surface area contributed by atoms with Gasteiger partial charge in [-0.25, -0.2) is 0 Å². The summed E-state index contributed by atoms with van der Waals surface area (Å²) in [5.74, 6) is -12.5. The molecule has 2 aliphatic heterocycles. The first-order chi connectivity index (χ1) is 27.3. The van der Waals surface area contributed by atoms with Crippen LogP contribution in [0.2, 0.25) is 0 Å². The van der Waals surface area contributed by atoms with E-state index in [4.69, 9.17) is 24.1 Å². The molecule has 1 saturated heterocycles. The standard InChI is InChI=1S/C27H39N2.C17H8F5NO3.2ClH.Ru/c1-18(2)22-11-9-12-23(19(3)4)26(22)28-15-16-29(17-28)27-24(20(5)6)13-10-14-25(27)21(7)8;1-6-4-3-5-8-15(6)26-7(2)16(24)23(8)17(25)9-10(18)12(20)14(22)13(21)11(9)19;;;/h9-14,17-21H,15-16H2,1-8H3;1,3-5,7H,2H3;2*1H;/q-1;;;;+2/p-2. The zero-order valence-electron chi connectivity index (χ0n) is 33.7. The Morgan fingerprint density at radius 1 is 0.707 bits per heavy atom. The van der Waals surface area contributed by atoms with E-state index in [1.807, 2.05) is 0 Å². The molecular weight excluding hydrogens is 885 g/mol. The van der Waals surface area contributed by atoms with Gasteiger partial charge >= 0.3 is 173 Å². The zero-order valence-corrected chi connectivity index (χ0v) is 37.0. The van der Waals surface area contributed by atoms with E-state index >= 15 is 0 Å². The topological polar surface area (TPSA) is 53.1 Å². The van der Waals surface area contributed by atoms with Crippen molar-refractivity contribution in [1.82, 2.24) is 0 Å². The molecule has 1 atom stereocenters. The van der Waals surface area contributed by atoms with Crippen molar-refractivity contribution in [3.63, 3.8) is 0 Å². The Balaban J connectivity index is 0.000000221. The monoisotopic (exact) mass is 932 g/mol. The third-order valence-corrected chi connectivity index (χ3v) is 11.9. The van der Waals surface area contributed by atoms with Crippen LogP contribution in [0, 0.1) is 35.8 Å². The van der Waals surface area contributed by atoms with Gasteiger partial charge in [-0.2, -0.15) is 6.67 Å². The molecule has 2 aliphatic rings. The number of rotatable bonds is 8. The van der Waals surface area contributed by atoms with Crippen LogP contribution in [0.1, 0.15) is 124 Å². The first-order valence-electron chi connectivity index (χ1n) is 18.9. The van der Waals surface area contributed by atoms with E-state index in [0.717, 1.165) is 13.1 Å². The van der Waals surface area contributed by atoms with Crippen molar-refractivity contribution >= 4 is 52.9 Å². The minimum absolute atomic E-state index is 0.0446. The van der Waals surface area contributed by atoms with E-state index in [1.165, 1.54) is 63.4 Å². The number of carbonyl (C=O) groups is 2. The van der Waals surface area contributed by atoms with Crippen LogP contribution in [0.4, 0.5) is 39.0 Å². The number of hydrogen-bond acceptors (Lipinski definition) is 5. The normalized spacial score (nSPS) is 15.6. The maximum atomic E-state index is 14.1. The number of halogens is 7. The summed E-state index contributed by atoms with van der Waals surface area (Å²) < 4.78 is 75.5. The van der Waals surface area contributed by atoms with Gasteiger partial charge in [0.1, 0.15) is 0 Å². The van der Waals surface area contributed by atoms with Gasteiger partial charge in [-0.15, -0.1) is 0 Å². The number of carbonyl (C=O) groups excluding carboxylic acids is 2. The first kappa shape index (κ1) is 45.2. The van der Waals surface area contributed by atoms with Gasteiger partial charge in [0.15, 0.2) is 0 Å². The van der Waals surface area contributed by atoms with Crippen LogP contribution in [-0.4, -0.2) is 35.6 Å². The number of benzene rings is 4. The fourth-order valence-electron chi connectivity index (χ4n) is 7.18. The van der Waals surface area contributed by atoms with Crippen molar-refractivity contribution in [2.45, 2.75) is 92.1 Å². The Labute approximate surface area is 350 Å². The molecule has 0 bridgehead atoms. The fraction of sp³-hybridized carbons (Fsp3) is 0.364. The molecule has 6 rings (SSSR count). The summed E-state index contributed by atoms with van der Waals surface area (Å²) in [5, 5.41) is 0. The molecule has 0 N–H and O–H groups in total. The third kappa shape index (κ3) is 8.99. The second kappa shape index (κ2) is 18.6.